The zero-order chi connectivity index (χ0) is 17.1. The van der Waals surface area contributed by atoms with Crippen LogP contribution in [0.15, 0.2) is 40.9 Å². The van der Waals surface area contributed by atoms with Crippen LogP contribution < -0.4 is 4.74 Å². The smallest absolute Gasteiger partial charge is 0.132 e. The highest BCUT2D eigenvalue weighted by Crippen LogP contribution is 2.56. The molecule has 2 aromatic carbocycles. The van der Waals surface area contributed by atoms with Gasteiger partial charge in [-0.25, -0.2) is 0 Å². The third kappa shape index (κ3) is 2.54. The molecule has 0 radical (unpaired) electrons. The molecule has 0 aromatic heterocycles. The van der Waals surface area contributed by atoms with Gasteiger partial charge in [0.2, 0.25) is 0 Å². The van der Waals surface area contributed by atoms with Crippen LogP contribution in [0.1, 0.15) is 31.9 Å². The Bertz CT molecular complexity index is 766. The largest absolute Gasteiger partial charge is 0.457 e. The van der Waals surface area contributed by atoms with E-state index in [0.29, 0.717) is 0 Å². The van der Waals surface area contributed by atoms with Crippen molar-refractivity contribution in [3.63, 3.8) is 0 Å². The highest BCUT2D eigenvalue weighted by atomic mass is 127. The Kier molecular flexibility index (Phi) is 4.22. The van der Waals surface area contributed by atoms with Crippen molar-refractivity contribution in [2.45, 2.75) is 31.8 Å². The van der Waals surface area contributed by atoms with E-state index in [0.717, 1.165) is 27.6 Å². The Morgan fingerprint density at radius 1 is 1.12 bits per heavy atom. The van der Waals surface area contributed by atoms with Crippen LogP contribution in [0.4, 0.5) is 0 Å². The topological polar surface area (TPSA) is 12.5 Å². The van der Waals surface area contributed by atoms with E-state index in [-0.39, 0.29) is 11.1 Å². The second kappa shape index (κ2) is 5.89. The summed E-state index contributed by atoms with van der Waals surface area (Å²) in [4.78, 5) is 2.63. The Labute approximate surface area is 169 Å². The van der Waals surface area contributed by atoms with Crippen molar-refractivity contribution in [1.29, 1.82) is 0 Å². The van der Waals surface area contributed by atoms with Crippen molar-refractivity contribution in [2.24, 2.45) is 0 Å². The number of fused-ring (bicyclic) bond motifs is 4. The van der Waals surface area contributed by atoms with Crippen LogP contribution in [0.25, 0.3) is 0 Å². The molecule has 126 valence electrons. The van der Waals surface area contributed by atoms with Crippen LogP contribution in [-0.4, -0.2) is 22.1 Å². The zero-order valence-electron chi connectivity index (χ0n) is 13.9. The molecule has 1 unspecified atom stereocenters. The van der Waals surface area contributed by atoms with Gasteiger partial charge in [0, 0.05) is 36.3 Å². The van der Waals surface area contributed by atoms with Crippen LogP contribution >= 0.6 is 50.3 Å². The second-order valence-electron chi connectivity index (χ2n) is 7.32. The molecule has 1 atom stereocenters. The molecule has 0 amide bonds. The molecule has 1 spiro atoms. The summed E-state index contributed by atoms with van der Waals surface area (Å²) in [5.74, 6) is 4.04. The van der Waals surface area contributed by atoms with Gasteiger partial charge >= 0.3 is 0 Å². The van der Waals surface area contributed by atoms with Crippen LogP contribution in [0.5, 0.6) is 11.5 Å². The van der Waals surface area contributed by atoms with Crippen LogP contribution in [0.2, 0.25) is 0 Å². The lowest BCUT2D eigenvalue weighted by molar-refractivity contribution is 0.0693. The monoisotopic (exact) mass is 515 g/mol. The van der Waals surface area contributed by atoms with Gasteiger partial charge in [0.05, 0.1) is 5.54 Å². The molecule has 0 aliphatic carbocycles. The van der Waals surface area contributed by atoms with E-state index < -0.39 is 0 Å². The lowest BCUT2D eigenvalue weighted by Gasteiger charge is -2.48. The van der Waals surface area contributed by atoms with Gasteiger partial charge in [-0.2, -0.15) is 0 Å². The van der Waals surface area contributed by atoms with Gasteiger partial charge in [0.15, 0.2) is 0 Å². The maximum Gasteiger partial charge on any atom is 0.132 e. The molecule has 1 fully saturated rings. The van der Waals surface area contributed by atoms with Crippen molar-refractivity contribution in [3.05, 3.63) is 55.6 Å². The van der Waals surface area contributed by atoms with Crippen molar-refractivity contribution >= 4 is 50.3 Å². The molecule has 2 aliphatic rings. The lowest BCUT2D eigenvalue weighted by Crippen LogP contribution is -2.54. The highest BCUT2D eigenvalue weighted by molar-refractivity contribution is 14.1. The fourth-order valence-corrected chi connectivity index (χ4v) is 6.27. The minimum absolute atomic E-state index is 0.0684. The molecule has 0 bridgehead atoms. The van der Waals surface area contributed by atoms with Crippen LogP contribution in [0, 0.1) is 3.57 Å². The molecule has 2 nitrogen and oxygen atoms in total. The summed E-state index contributed by atoms with van der Waals surface area (Å²) in [6.07, 6.45) is 0. The number of thioether (sulfide) groups is 1. The number of nitrogens with zero attached hydrogens (tertiary/aromatic N) is 1. The minimum Gasteiger partial charge on any atom is -0.457 e. The van der Waals surface area contributed by atoms with E-state index in [1.54, 1.807) is 0 Å². The molecule has 0 saturated carbocycles. The molecule has 0 N–H and O–H groups in total. The normalized spacial score (nSPS) is 23.0. The zero-order valence-corrected chi connectivity index (χ0v) is 18.5. The maximum absolute atomic E-state index is 6.28. The molecule has 5 heteroatoms. The fraction of sp³-hybridized carbons (Fsp3) is 0.368. The summed E-state index contributed by atoms with van der Waals surface area (Å²) < 4.78 is 8.62. The highest BCUT2D eigenvalue weighted by Gasteiger charge is 2.53. The van der Waals surface area contributed by atoms with Crippen molar-refractivity contribution in [3.8, 4) is 11.5 Å². The summed E-state index contributed by atoms with van der Waals surface area (Å²) in [6.45, 7) is 6.92. The minimum atomic E-state index is -0.142. The predicted molar refractivity (Wildman–Crippen MR) is 113 cm³/mol. The van der Waals surface area contributed by atoms with Gasteiger partial charge in [0.25, 0.3) is 0 Å². The molecule has 2 heterocycles. The first-order valence-corrected chi connectivity index (χ1v) is 11.0. The summed E-state index contributed by atoms with van der Waals surface area (Å²) in [5, 5.41) is 0. The SMILES string of the molecule is CC(C)(C)N1CSCC12c1cc(Br)ccc1Oc1ccc(I)cc12. The average Bonchev–Trinajstić information content (AvgIpc) is 2.95. The van der Waals surface area contributed by atoms with Crippen LogP contribution in [0.3, 0.4) is 0 Å². The Balaban J connectivity index is 2.05. The maximum atomic E-state index is 6.28. The van der Waals surface area contributed by atoms with Crippen molar-refractivity contribution in [2.75, 3.05) is 11.6 Å². The summed E-state index contributed by atoms with van der Waals surface area (Å²) >= 11 is 8.07. The van der Waals surface area contributed by atoms with E-state index >= 15 is 0 Å². The third-order valence-corrected chi connectivity index (χ3v) is 7.02. The Morgan fingerprint density at radius 3 is 2.50 bits per heavy atom. The number of rotatable bonds is 0. The lowest BCUT2D eigenvalue weighted by atomic mass is 9.78. The predicted octanol–water partition coefficient (Wildman–Crippen LogP) is 6.21. The molecular weight excluding hydrogens is 497 g/mol. The standard InChI is InChI=1S/C19H19BrINOS/c1-18(2,3)22-11-24-10-19(22)14-8-12(20)4-6-16(14)23-17-7-5-13(21)9-15(17)19/h4-9H,10-11H2,1-3H3. The van der Waals surface area contributed by atoms with E-state index in [2.05, 4.69) is 101 Å². The Morgan fingerprint density at radius 2 is 1.79 bits per heavy atom. The van der Waals surface area contributed by atoms with Gasteiger partial charge in [-0.05, 0) is 79.8 Å². The van der Waals surface area contributed by atoms with Crippen LogP contribution in [-0.2, 0) is 5.54 Å². The van der Waals surface area contributed by atoms with E-state index in [1.807, 2.05) is 11.8 Å². The molecule has 1 saturated heterocycles. The summed E-state index contributed by atoms with van der Waals surface area (Å²) in [7, 11) is 0. The second-order valence-corrected chi connectivity index (χ2v) is 10.4. The van der Waals surface area contributed by atoms with E-state index in [9.17, 15) is 0 Å². The first-order chi connectivity index (χ1) is 11.3. The number of hydrogen-bond donors (Lipinski definition) is 0. The third-order valence-electron chi connectivity index (χ3n) is 4.80. The number of benzene rings is 2. The molecular formula is C19H19BrINOS. The van der Waals surface area contributed by atoms with Gasteiger partial charge < -0.3 is 4.74 Å². The first-order valence-electron chi connectivity index (χ1n) is 7.96. The first kappa shape index (κ1) is 17.2. The number of halogens is 2. The van der Waals surface area contributed by atoms with Gasteiger partial charge in [0.1, 0.15) is 11.5 Å². The van der Waals surface area contributed by atoms with E-state index in [4.69, 9.17) is 4.74 Å². The molecule has 24 heavy (non-hydrogen) atoms. The number of ether oxygens (including phenoxy) is 1. The van der Waals surface area contributed by atoms with Gasteiger partial charge in [-0.15, -0.1) is 11.8 Å². The molecule has 4 rings (SSSR count). The van der Waals surface area contributed by atoms with Crippen molar-refractivity contribution in [1.82, 2.24) is 4.90 Å². The van der Waals surface area contributed by atoms with Crippen molar-refractivity contribution < 1.29 is 4.74 Å². The quantitative estimate of drug-likeness (QED) is 0.387. The van der Waals surface area contributed by atoms with Gasteiger partial charge in [-0.3, -0.25) is 4.90 Å². The summed E-state index contributed by atoms with van der Waals surface area (Å²) in [5.41, 5.74) is 2.49. The fourth-order valence-electron chi connectivity index (χ4n) is 3.78. The number of hydrogen-bond acceptors (Lipinski definition) is 3. The van der Waals surface area contributed by atoms with E-state index in [1.165, 1.54) is 14.7 Å². The summed E-state index contributed by atoms with van der Waals surface area (Å²) in [6, 6.07) is 12.9. The average molecular weight is 516 g/mol. The Hall–Kier alpha value is -0.240. The molecule has 2 aliphatic heterocycles. The molecule has 2 aromatic rings. The van der Waals surface area contributed by atoms with Gasteiger partial charge in [-0.1, -0.05) is 15.9 Å².